The highest BCUT2D eigenvalue weighted by Gasteiger charge is 2.19. The van der Waals surface area contributed by atoms with Crippen molar-refractivity contribution in [2.45, 2.75) is 19.8 Å². The van der Waals surface area contributed by atoms with Crippen LogP contribution in [0.4, 0.5) is 5.69 Å². The van der Waals surface area contributed by atoms with Crippen molar-refractivity contribution in [1.82, 2.24) is 14.9 Å². The molecule has 8 heteroatoms. The summed E-state index contributed by atoms with van der Waals surface area (Å²) in [5.41, 5.74) is 8.10. The Balaban J connectivity index is 1.97. The van der Waals surface area contributed by atoms with E-state index in [9.17, 15) is 9.59 Å². The first kappa shape index (κ1) is 15.7. The number of nitrogens with one attached hydrogen (secondary N) is 2. The predicted molar refractivity (Wildman–Crippen MR) is 86.4 cm³/mol. The van der Waals surface area contributed by atoms with Crippen molar-refractivity contribution in [1.29, 1.82) is 0 Å². The molecule has 1 fully saturated rings. The van der Waals surface area contributed by atoms with Gasteiger partial charge in [-0.25, -0.2) is 0 Å². The fraction of sp³-hybridized carbons (Fsp3) is 0.467. The molecule has 0 bridgehead atoms. The molecule has 0 aliphatic carbocycles. The van der Waals surface area contributed by atoms with Crippen LogP contribution >= 0.6 is 0 Å². The molecule has 4 N–H and O–H groups in total. The van der Waals surface area contributed by atoms with Gasteiger partial charge in [-0.05, 0) is 31.2 Å². The van der Waals surface area contributed by atoms with Crippen LogP contribution in [0, 0.1) is 6.92 Å². The molecule has 124 valence electrons. The van der Waals surface area contributed by atoms with E-state index in [1.165, 1.54) is 0 Å². The molecule has 0 saturated carbocycles. The number of aromatic nitrogens is 2. The Bertz CT molecular complexity index is 836. The van der Waals surface area contributed by atoms with Gasteiger partial charge in [-0.3, -0.25) is 14.5 Å². The molecule has 1 saturated heterocycles. The van der Waals surface area contributed by atoms with Gasteiger partial charge in [-0.15, -0.1) is 0 Å². The summed E-state index contributed by atoms with van der Waals surface area (Å²) in [6.45, 7) is 4.24. The number of rotatable bonds is 4. The van der Waals surface area contributed by atoms with Gasteiger partial charge in [-0.2, -0.15) is 0 Å². The van der Waals surface area contributed by atoms with Gasteiger partial charge in [-0.1, -0.05) is 0 Å². The lowest BCUT2D eigenvalue weighted by atomic mass is 10.0. The maximum absolute atomic E-state index is 11.7. The number of ether oxygens (including phenoxy) is 2. The first-order valence-electron chi connectivity index (χ1n) is 7.41. The van der Waals surface area contributed by atoms with Gasteiger partial charge < -0.3 is 25.2 Å². The normalized spacial score (nSPS) is 15.8. The predicted octanol–water partition coefficient (Wildman–Crippen LogP) is -0.0883. The van der Waals surface area contributed by atoms with Crippen molar-refractivity contribution >= 4 is 16.7 Å². The fourth-order valence-corrected chi connectivity index (χ4v) is 2.75. The number of aromatic amines is 2. The van der Waals surface area contributed by atoms with Crippen LogP contribution in [0.2, 0.25) is 0 Å². The molecule has 3 rings (SSSR count). The maximum atomic E-state index is 11.7. The summed E-state index contributed by atoms with van der Waals surface area (Å²) in [4.78, 5) is 30.4. The molecular formula is C15H20N4O4. The van der Waals surface area contributed by atoms with Crippen molar-refractivity contribution in [3.63, 3.8) is 0 Å². The van der Waals surface area contributed by atoms with Crippen molar-refractivity contribution in [2.24, 2.45) is 0 Å². The lowest BCUT2D eigenvalue weighted by molar-refractivity contribution is -0.0592. The Morgan fingerprint density at radius 3 is 2.61 bits per heavy atom. The van der Waals surface area contributed by atoms with Crippen LogP contribution in [0.3, 0.4) is 0 Å². The largest absolute Gasteiger partial charge is 0.398 e. The monoisotopic (exact) mass is 320 g/mol. The van der Waals surface area contributed by atoms with Crippen molar-refractivity contribution in [3.8, 4) is 0 Å². The van der Waals surface area contributed by atoms with Crippen molar-refractivity contribution in [3.05, 3.63) is 37.9 Å². The summed E-state index contributed by atoms with van der Waals surface area (Å²) < 4.78 is 10.9. The van der Waals surface area contributed by atoms with E-state index in [0.29, 0.717) is 43.0 Å². The van der Waals surface area contributed by atoms with Crippen LogP contribution in [0.5, 0.6) is 0 Å². The van der Waals surface area contributed by atoms with E-state index in [0.717, 1.165) is 11.1 Å². The summed E-state index contributed by atoms with van der Waals surface area (Å²) >= 11 is 0. The smallest absolute Gasteiger partial charge is 0.314 e. The Labute approximate surface area is 132 Å². The highest BCUT2D eigenvalue weighted by atomic mass is 16.7. The zero-order valence-electron chi connectivity index (χ0n) is 13.1. The quantitative estimate of drug-likeness (QED) is 0.536. The average molecular weight is 320 g/mol. The molecular weight excluding hydrogens is 300 g/mol. The lowest BCUT2D eigenvalue weighted by Crippen LogP contribution is -2.31. The second-order valence-electron chi connectivity index (χ2n) is 5.77. The molecule has 0 unspecified atom stereocenters. The Hall–Kier alpha value is -2.16. The van der Waals surface area contributed by atoms with Gasteiger partial charge in [0.15, 0.2) is 6.29 Å². The van der Waals surface area contributed by atoms with Gasteiger partial charge in [0, 0.05) is 18.8 Å². The zero-order chi connectivity index (χ0) is 16.6. The van der Waals surface area contributed by atoms with Gasteiger partial charge in [0.05, 0.1) is 24.2 Å². The molecule has 1 aromatic carbocycles. The molecule has 8 nitrogen and oxygen atoms in total. The minimum absolute atomic E-state index is 0.244. The molecule has 0 atom stereocenters. The zero-order valence-corrected chi connectivity index (χ0v) is 13.1. The minimum Gasteiger partial charge on any atom is -0.398 e. The summed E-state index contributed by atoms with van der Waals surface area (Å²) in [7, 11) is 1.93. The van der Waals surface area contributed by atoms with E-state index in [2.05, 4.69) is 9.97 Å². The standard InChI is InChI=1S/C15H20N4O4/c1-8-9(6-19(2)7-12-22-3-4-23-12)13-11(5-10(8)16)17-14(20)15(21)18-13/h5,12H,3-4,6-7,16H2,1-2H3,(H,17,20)(H,18,21). The molecule has 0 spiro atoms. The minimum atomic E-state index is -0.687. The number of H-pyrrole nitrogens is 2. The Kier molecular flexibility index (Phi) is 4.20. The highest BCUT2D eigenvalue weighted by molar-refractivity contribution is 5.83. The van der Waals surface area contributed by atoms with Crippen LogP contribution in [0.1, 0.15) is 11.1 Å². The van der Waals surface area contributed by atoms with E-state index in [1.807, 2.05) is 18.9 Å². The van der Waals surface area contributed by atoms with E-state index >= 15 is 0 Å². The lowest BCUT2D eigenvalue weighted by Gasteiger charge is -2.22. The third-order valence-corrected chi connectivity index (χ3v) is 4.03. The fourth-order valence-electron chi connectivity index (χ4n) is 2.75. The van der Waals surface area contributed by atoms with Crippen LogP contribution in [-0.4, -0.2) is 48.0 Å². The van der Waals surface area contributed by atoms with Gasteiger partial charge in [0.2, 0.25) is 0 Å². The molecule has 23 heavy (non-hydrogen) atoms. The number of hydrogen-bond acceptors (Lipinski definition) is 6. The highest BCUT2D eigenvalue weighted by Crippen LogP contribution is 2.25. The number of nitrogens with zero attached hydrogens (tertiary/aromatic N) is 1. The van der Waals surface area contributed by atoms with Crippen LogP contribution in [0.25, 0.3) is 11.0 Å². The number of likely N-dealkylation sites (N-methyl/N-ethyl adjacent to an activating group) is 1. The second-order valence-corrected chi connectivity index (χ2v) is 5.77. The molecule has 2 aromatic rings. The van der Waals surface area contributed by atoms with Crippen LogP contribution in [-0.2, 0) is 16.0 Å². The van der Waals surface area contributed by atoms with Gasteiger partial charge in [0.1, 0.15) is 0 Å². The number of nitrogens with two attached hydrogens (primary N) is 1. The number of anilines is 1. The summed E-state index contributed by atoms with van der Waals surface area (Å²) in [6.07, 6.45) is -0.244. The van der Waals surface area contributed by atoms with E-state index in [1.54, 1.807) is 6.07 Å². The molecule has 1 aliphatic heterocycles. The van der Waals surface area contributed by atoms with Crippen molar-refractivity contribution < 1.29 is 9.47 Å². The number of benzene rings is 1. The summed E-state index contributed by atoms with van der Waals surface area (Å²) in [6, 6.07) is 1.66. The van der Waals surface area contributed by atoms with Crippen LogP contribution < -0.4 is 16.9 Å². The topological polar surface area (TPSA) is 113 Å². The molecule has 1 aromatic heterocycles. The van der Waals surface area contributed by atoms with Gasteiger partial charge in [0.25, 0.3) is 0 Å². The Morgan fingerprint density at radius 1 is 1.26 bits per heavy atom. The number of nitrogen functional groups attached to an aromatic ring is 1. The third kappa shape index (κ3) is 3.14. The molecule has 1 aliphatic rings. The average Bonchev–Trinajstić information content (AvgIpc) is 2.99. The maximum Gasteiger partial charge on any atom is 0.314 e. The van der Waals surface area contributed by atoms with E-state index < -0.39 is 11.1 Å². The third-order valence-electron chi connectivity index (χ3n) is 4.03. The second kappa shape index (κ2) is 6.15. The number of fused-ring (bicyclic) bond motifs is 1. The molecule has 0 amide bonds. The van der Waals surface area contributed by atoms with Gasteiger partial charge >= 0.3 is 11.1 Å². The first-order chi connectivity index (χ1) is 11.0. The number of hydrogen-bond donors (Lipinski definition) is 3. The Morgan fingerprint density at radius 2 is 1.91 bits per heavy atom. The van der Waals surface area contributed by atoms with E-state index in [4.69, 9.17) is 15.2 Å². The molecule has 0 radical (unpaired) electrons. The van der Waals surface area contributed by atoms with Crippen molar-refractivity contribution in [2.75, 3.05) is 32.5 Å². The first-order valence-corrected chi connectivity index (χ1v) is 7.41. The van der Waals surface area contributed by atoms with E-state index in [-0.39, 0.29) is 6.29 Å². The SMILES string of the molecule is Cc1c(N)cc2[nH]c(=O)c(=O)[nH]c2c1CN(C)CC1OCCO1. The summed E-state index contributed by atoms with van der Waals surface area (Å²) in [5.74, 6) is 0. The molecule has 2 heterocycles. The summed E-state index contributed by atoms with van der Waals surface area (Å²) in [5, 5.41) is 0. The van der Waals surface area contributed by atoms with Crippen LogP contribution in [0.15, 0.2) is 15.7 Å².